The number of para-hydroxylation sites is 1. The zero-order chi connectivity index (χ0) is 26.0. The first-order chi connectivity index (χ1) is 18.0. The van der Waals surface area contributed by atoms with E-state index in [9.17, 15) is 19.7 Å². The minimum atomic E-state index is -0.650. The molecule has 0 radical (unpaired) electrons. The fourth-order valence-electron chi connectivity index (χ4n) is 3.84. The normalized spacial score (nSPS) is 12.0. The molecule has 0 bridgehead atoms. The number of amides is 4. The van der Waals surface area contributed by atoms with Gasteiger partial charge in [0, 0.05) is 23.5 Å². The van der Waals surface area contributed by atoms with Crippen molar-refractivity contribution < 1.29 is 14.5 Å². The third kappa shape index (κ3) is 6.92. The first-order valence-electron chi connectivity index (χ1n) is 11.5. The van der Waals surface area contributed by atoms with Crippen molar-refractivity contribution in [2.45, 2.75) is 12.1 Å². The van der Waals surface area contributed by atoms with E-state index in [4.69, 9.17) is 0 Å². The number of nitro groups is 1. The SMILES string of the molecule is O=C(Nc1ccccc1)NC(c1ccccc1)C(NC(=O)Nc1ccc([N+](=O)[O-])cc1)c1ccccc1. The maximum Gasteiger partial charge on any atom is 0.319 e. The van der Waals surface area contributed by atoms with Gasteiger partial charge in [0.05, 0.1) is 17.0 Å². The van der Waals surface area contributed by atoms with E-state index in [0.717, 1.165) is 11.1 Å². The monoisotopic (exact) mass is 495 g/mol. The Kier molecular flexibility index (Phi) is 8.07. The molecule has 0 heterocycles. The predicted octanol–water partition coefficient (Wildman–Crippen LogP) is 6.02. The van der Waals surface area contributed by atoms with E-state index in [-0.39, 0.29) is 5.69 Å². The first kappa shape index (κ1) is 24.9. The van der Waals surface area contributed by atoms with Crippen molar-refractivity contribution in [2.24, 2.45) is 0 Å². The molecule has 0 aromatic heterocycles. The van der Waals surface area contributed by atoms with Gasteiger partial charge in [-0.25, -0.2) is 9.59 Å². The lowest BCUT2D eigenvalue weighted by Gasteiger charge is -2.30. The number of nitro benzene ring substituents is 1. The second-order valence-corrected chi connectivity index (χ2v) is 8.14. The number of rotatable bonds is 8. The summed E-state index contributed by atoms with van der Waals surface area (Å²) in [6.07, 6.45) is 0. The Morgan fingerprint density at radius 1 is 0.568 bits per heavy atom. The second-order valence-electron chi connectivity index (χ2n) is 8.14. The molecule has 2 unspecified atom stereocenters. The van der Waals surface area contributed by atoms with Gasteiger partial charge in [0.2, 0.25) is 0 Å². The number of benzene rings is 4. The van der Waals surface area contributed by atoms with Crippen LogP contribution in [0.1, 0.15) is 23.2 Å². The van der Waals surface area contributed by atoms with Crippen LogP contribution in [0.25, 0.3) is 0 Å². The van der Waals surface area contributed by atoms with Gasteiger partial charge in [-0.15, -0.1) is 0 Å². The topological polar surface area (TPSA) is 125 Å². The van der Waals surface area contributed by atoms with E-state index in [1.807, 2.05) is 78.9 Å². The number of non-ortho nitro benzene ring substituents is 1. The predicted molar refractivity (Wildman–Crippen MR) is 142 cm³/mol. The van der Waals surface area contributed by atoms with Crippen molar-refractivity contribution in [2.75, 3.05) is 10.6 Å². The summed E-state index contributed by atoms with van der Waals surface area (Å²) < 4.78 is 0. The maximum absolute atomic E-state index is 13.0. The van der Waals surface area contributed by atoms with Crippen LogP contribution in [0.5, 0.6) is 0 Å². The standard InChI is InChI=1S/C28H25N5O4/c34-27(29-22-14-8-3-9-15-22)31-25(20-10-4-1-5-11-20)26(21-12-6-2-7-13-21)32-28(35)30-23-16-18-24(19-17-23)33(36)37/h1-19,25-26H,(H2,29,31,34)(H2,30,32,35). The smallest absolute Gasteiger partial charge is 0.319 e. The average molecular weight is 496 g/mol. The highest BCUT2D eigenvalue weighted by molar-refractivity contribution is 5.91. The van der Waals surface area contributed by atoms with Gasteiger partial charge in [0.25, 0.3) is 5.69 Å². The van der Waals surface area contributed by atoms with Crippen LogP contribution in [0.3, 0.4) is 0 Å². The summed E-state index contributed by atoms with van der Waals surface area (Å²) in [6, 6.07) is 31.0. The van der Waals surface area contributed by atoms with Crippen molar-refractivity contribution in [1.29, 1.82) is 0 Å². The number of carbonyl (C=O) groups is 2. The van der Waals surface area contributed by atoms with Crippen molar-refractivity contribution in [3.63, 3.8) is 0 Å². The van der Waals surface area contributed by atoms with Gasteiger partial charge in [-0.1, -0.05) is 78.9 Å². The molecule has 4 aromatic carbocycles. The van der Waals surface area contributed by atoms with Crippen LogP contribution in [0.15, 0.2) is 115 Å². The Bertz CT molecular complexity index is 1330. The molecule has 4 aromatic rings. The number of anilines is 2. The van der Waals surface area contributed by atoms with Gasteiger partial charge in [-0.05, 0) is 35.4 Å². The zero-order valence-corrected chi connectivity index (χ0v) is 19.7. The quantitative estimate of drug-likeness (QED) is 0.176. The third-order valence-electron chi connectivity index (χ3n) is 5.59. The maximum atomic E-state index is 13.0. The van der Waals surface area contributed by atoms with Crippen LogP contribution >= 0.6 is 0 Å². The molecule has 0 aliphatic heterocycles. The third-order valence-corrected chi connectivity index (χ3v) is 5.59. The second kappa shape index (κ2) is 12.0. The number of hydrogen-bond donors (Lipinski definition) is 4. The highest BCUT2D eigenvalue weighted by Gasteiger charge is 2.28. The van der Waals surface area contributed by atoms with E-state index in [1.165, 1.54) is 24.3 Å². The first-order valence-corrected chi connectivity index (χ1v) is 11.5. The largest absolute Gasteiger partial charge is 0.329 e. The highest BCUT2D eigenvalue weighted by Crippen LogP contribution is 2.29. The Labute approximate surface area is 213 Å². The van der Waals surface area contributed by atoms with Crippen LogP contribution < -0.4 is 21.3 Å². The van der Waals surface area contributed by atoms with Crippen LogP contribution in [-0.4, -0.2) is 17.0 Å². The number of nitrogens with zero attached hydrogens (tertiary/aromatic N) is 1. The molecule has 4 N–H and O–H groups in total. The molecule has 4 amide bonds. The summed E-state index contributed by atoms with van der Waals surface area (Å²) >= 11 is 0. The molecule has 0 saturated heterocycles. The molecular weight excluding hydrogens is 470 g/mol. The Balaban J connectivity index is 1.60. The minimum absolute atomic E-state index is 0.0779. The molecule has 0 spiro atoms. The van der Waals surface area contributed by atoms with E-state index in [0.29, 0.717) is 11.4 Å². The molecule has 0 saturated carbocycles. The highest BCUT2D eigenvalue weighted by atomic mass is 16.6. The molecule has 0 fully saturated rings. The van der Waals surface area contributed by atoms with Crippen molar-refractivity contribution in [3.8, 4) is 0 Å². The summed E-state index contributed by atoms with van der Waals surface area (Å²) in [5.74, 6) is 0. The van der Waals surface area contributed by atoms with E-state index >= 15 is 0 Å². The van der Waals surface area contributed by atoms with Crippen molar-refractivity contribution >= 4 is 29.1 Å². The number of urea groups is 2. The van der Waals surface area contributed by atoms with Crippen LogP contribution in [0.4, 0.5) is 26.7 Å². The molecule has 37 heavy (non-hydrogen) atoms. The van der Waals surface area contributed by atoms with Gasteiger partial charge in [0.15, 0.2) is 0 Å². The lowest BCUT2D eigenvalue weighted by atomic mass is 9.93. The Morgan fingerprint density at radius 2 is 0.946 bits per heavy atom. The van der Waals surface area contributed by atoms with Gasteiger partial charge in [-0.3, -0.25) is 10.1 Å². The summed E-state index contributed by atoms with van der Waals surface area (Å²) in [4.78, 5) is 36.4. The van der Waals surface area contributed by atoms with E-state index < -0.39 is 29.1 Å². The Morgan fingerprint density at radius 3 is 1.35 bits per heavy atom. The summed E-state index contributed by atoms with van der Waals surface area (Å²) in [5.41, 5.74) is 2.50. The summed E-state index contributed by atoms with van der Waals surface area (Å²) in [7, 11) is 0. The molecule has 186 valence electrons. The van der Waals surface area contributed by atoms with Crippen LogP contribution in [0, 0.1) is 10.1 Å². The molecular formula is C28H25N5O4. The van der Waals surface area contributed by atoms with Crippen molar-refractivity contribution in [3.05, 3.63) is 137 Å². The number of hydrogen-bond acceptors (Lipinski definition) is 4. The average Bonchev–Trinajstić information content (AvgIpc) is 2.92. The number of nitrogens with one attached hydrogen (secondary N) is 4. The van der Waals surface area contributed by atoms with Crippen molar-refractivity contribution in [1.82, 2.24) is 10.6 Å². The molecule has 0 aliphatic carbocycles. The summed E-state index contributed by atoms with van der Waals surface area (Å²) in [6.45, 7) is 0. The van der Waals surface area contributed by atoms with Gasteiger partial charge < -0.3 is 21.3 Å². The lowest BCUT2D eigenvalue weighted by Crippen LogP contribution is -2.43. The number of carbonyl (C=O) groups excluding carboxylic acids is 2. The molecule has 2 atom stereocenters. The molecule has 9 nitrogen and oxygen atoms in total. The fourth-order valence-corrected chi connectivity index (χ4v) is 3.84. The van der Waals surface area contributed by atoms with E-state index in [2.05, 4.69) is 21.3 Å². The minimum Gasteiger partial charge on any atom is -0.329 e. The lowest BCUT2D eigenvalue weighted by molar-refractivity contribution is -0.384. The fraction of sp³-hybridized carbons (Fsp3) is 0.0714. The Hall–Kier alpha value is -5.18. The van der Waals surface area contributed by atoms with Crippen LogP contribution in [-0.2, 0) is 0 Å². The van der Waals surface area contributed by atoms with E-state index in [1.54, 1.807) is 12.1 Å². The molecule has 9 heteroatoms. The zero-order valence-electron chi connectivity index (χ0n) is 19.7. The van der Waals surface area contributed by atoms with Gasteiger partial charge in [0.1, 0.15) is 0 Å². The molecule has 4 rings (SSSR count). The van der Waals surface area contributed by atoms with Gasteiger partial charge in [-0.2, -0.15) is 0 Å². The van der Waals surface area contributed by atoms with Gasteiger partial charge >= 0.3 is 12.1 Å². The molecule has 0 aliphatic rings. The van der Waals surface area contributed by atoms with Crippen LogP contribution in [0.2, 0.25) is 0 Å². The summed E-state index contributed by atoms with van der Waals surface area (Å²) in [5, 5.41) is 22.4.